The van der Waals surface area contributed by atoms with Gasteiger partial charge in [-0.1, -0.05) is 26.2 Å². The van der Waals surface area contributed by atoms with Gasteiger partial charge in [-0.25, -0.2) is 4.39 Å². The number of alkyl halides is 1. The molecule has 0 saturated heterocycles. The fourth-order valence-electron chi connectivity index (χ4n) is 2.06. The third kappa shape index (κ3) is 2.46. The SMILES string of the molecule is CCC1CCC(C(C)F)CC1. The molecule has 1 rings (SSSR count). The van der Waals surface area contributed by atoms with E-state index in [2.05, 4.69) is 6.92 Å². The Labute approximate surface area is 69.2 Å². The molecule has 1 fully saturated rings. The predicted molar refractivity (Wildman–Crippen MR) is 46.3 cm³/mol. The molecule has 0 bridgehead atoms. The van der Waals surface area contributed by atoms with Crippen molar-refractivity contribution in [2.75, 3.05) is 0 Å². The molecule has 1 saturated carbocycles. The summed E-state index contributed by atoms with van der Waals surface area (Å²) >= 11 is 0. The van der Waals surface area contributed by atoms with Crippen molar-refractivity contribution in [2.24, 2.45) is 11.8 Å². The molecule has 0 amide bonds. The third-order valence-electron chi connectivity index (χ3n) is 3.12. The average molecular weight is 158 g/mol. The molecule has 0 aliphatic heterocycles. The van der Waals surface area contributed by atoms with Gasteiger partial charge in [0.05, 0.1) is 0 Å². The van der Waals surface area contributed by atoms with Crippen molar-refractivity contribution in [3.8, 4) is 0 Å². The van der Waals surface area contributed by atoms with E-state index in [0.717, 1.165) is 18.8 Å². The number of hydrogen-bond donors (Lipinski definition) is 0. The van der Waals surface area contributed by atoms with Crippen LogP contribution in [0.3, 0.4) is 0 Å². The summed E-state index contributed by atoms with van der Waals surface area (Å²) in [5.74, 6) is 1.27. The summed E-state index contributed by atoms with van der Waals surface area (Å²) in [5, 5.41) is 0. The molecule has 0 N–H and O–H groups in total. The number of rotatable bonds is 2. The second-order valence-corrected chi connectivity index (χ2v) is 3.87. The molecule has 11 heavy (non-hydrogen) atoms. The van der Waals surface area contributed by atoms with Crippen molar-refractivity contribution in [1.82, 2.24) is 0 Å². The smallest absolute Gasteiger partial charge is 0.100 e. The lowest BCUT2D eigenvalue weighted by Gasteiger charge is -2.28. The fraction of sp³-hybridized carbons (Fsp3) is 1.00. The molecule has 0 aromatic rings. The molecule has 1 heteroatoms. The zero-order valence-electron chi connectivity index (χ0n) is 7.65. The monoisotopic (exact) mass is 158 g/mol. The summed E-state index contributed by atoms with van der Waals surface area (Å²) in [4.78, 5) is 0. The minimum Gasteiger partial charge on any atom is -0.247 e. The van der Waals surface area contributed by atoms with E-state index >= 15 is 0 Å². The summed E-state index contributed by atoms with van der Waals surface area (Å²) in [6.45, 7) is 3.95. The lowest BCUT2D eigenvalue weighted by atomic mass is 9.79. The topological polar surface area (TPSA) is 0 Å². The predicted octanol–water partition coefficient (Wildman–Crippen LogP) is 3.56. The van der Waals surface area contributed by atoms with E-state index in [-0.39, 0.29) is 0 Å². The molecule has 1 unspecified atom stereocenters. The third-order valence-corrected chi connectivity index (χ3v) is 3.12. The molecular formula is C10H19F. The molecule has 0 aromatic carbocycles. The molecule has 1 aliphatic rings. The first-order valence-corrected chi connectivity index (χ1v) is 4.88. The molecule has 0 nitrogen and oxygen atoms in total. The first-order valence-electron chi connectivity index (χ1n) is 4.88. The zero-order chi connectivity index (χ0) is 8.27. The molecular weight excluding hydrogens is 139 g/mol. The fourth-order valence-corrected chi connectivity index (χ4v) is 2.06. The summed E-state index contributed by atoms with van der Waals surface area (Å²) in [5.41, 5.74) is 0. The molecule has 66 valence electrons. The maximum absolute atomic E-state index is 12.8. The highest BCUT2D eigenvalue weighted by Gasteiger charge is 2.23. The Morgan fingerprint density at radius 3 is 2.18 bits per heavy atom. The Balaban J connectivity index is 2.24. The van der Waals surface area contributed by atoms with Crippen molar-refractivity contribution in [2.45, 2.75) is 52.1 Å². The summed E-state index contributed by atoms with van der Waals surface area (Å²) in [7, 11) is 0. The van der Waals surface area contributed by atoms with Crippen LogP contribution in [0, 0.1) is 11.8 Å². The van der Waals surface area contributed by atoms with Crippen LogP contribution in [-0.4, -0.2) is 6.17 Å². The van der Waals surface area contributed by atoms with Gasteiger partial charge in [0.2, 0.25) is 0 Å². The standard InChI is InChI=1S/C10H19F/c1-3-9-4-6-10(7-5-9)8(2)11/h8-10H,3-7H2,1-2H3. The van der Waals surface area contributed by atoms with E-state index in [9.17, 15) is 4.39 Å². The van der Waals surface area contributed by atoms with Crippen molar-refractivity contribution < 1.29 is 4.39 Å². The van der Waals surface area contributed by atoms with E-state index in [1.165, 1.54) is 19.3 Å². The first-order chi connectivity index (χ1) is 5.24. The van der Waals surface area contributed by atoms with Crippen molar-refractivity contribution >= 4 is 0 Å². The Bertz CT molecular complexity index is 101. The van der Waals surface area contributed by atoms with Crippen LogP contribution < -0.4 is 0 Å². The quantitative estimate of drug-likeness (QED) is 0.576. The summed E-state index contributed by atoms with van der Waals surface area (Å²) in [6.07, 6.45) is 5.47. The second kappa shape index (κ2) is 4.08. The van der Waals surface area contributed by atoms with Gasteiger partial charge in [-0.3, -0.25) is 0 Å². The first kappa shape index (κ1) is 9.02. The van der Waals surface area contributed by atoms with Gasteiger partial charge in [0.25, 0.3) is 0 Å². The van der Waals surface area contributed by atoms with Gasteiger partial charge in [0, 0.05) is 0 Å². The van der Waals surface area contributed by atoms with Crippen LogP contribution in [-0.2, 0) is 0 Å². The van der Waals surface area contributed by atoms with Crippen molar-refractivity contribution in [1.29, 1.82) is 0 Å². The summed E-state index contributed by atoms with van der Waals surface area (Å²) < 4.78 is 12.8. The Hall–Kier alpha value is -0.0700. The highest BCUT2D eigenvalue weighted by Crippen LogP contribution is 2.33. The van der Waals surface area contributed by atoms with Gasteiger partial charge in [-0.2, -0.15) is 0 Å². The molecule has 0 aromatic heterocycles. The van der Waals surface area contributed by atoms with Crippen LogP contribution in [0.15, 0.2) is 0 Å². The lowest BCUT2D eigenvalue weighted by molar-refractivity contribution is 0.167. The molecule has 1 atom stereocenters. The Morgan fingerprint density at radius 1 is 1.27 bits per heavy atom. The minimum absolute atomic E-state index is 0.373. The van der Waals surface area contributed by atoms with Gasteiger partial charge in [0.15, 0.2) is 0 Å². The van der Waals surface area contributed by atoms with Crippen molar-refractivity contribution in [3.63, 3.8) is 0 Å². The molecule has 0 radical (unpaired) electrons. The van der Waals surface area contributed by atoms with Crippen LogP contribution in [0.1, 0.15) is 46.0 Å². The summed E-state index contributed by atoms with van der Waals surface area (Å²) in [6, 6.07) is 0. The number of halogens is 1. The largest absolute Gasteiger partial charge is 0.247 e. The van der Waals surface area contributed by atoms with Gasteiger partial charge >= 0.3 is 0 Å². The van der Waals surface area contributed by atoms with E-state index < -0.39 is 6.17 Å². The van der Waals surface area contributed by atoms with Gasteiger partial charge in [0.1, 0.15) is 6.17 Å². The molecule has 0 spiro atoms. The molecule has 0 heterocycles. The lowest BCUT2D eigenvalue weighted by Crippen LogP contribution is -2.20. The normalized spacial score (nSPS) is 35.2. The van der Waals surface area contributed by atoms with E-state index in [1.54, 1.807) is 6.92 Å². The Morgan fingerprint density at radius 2 is 1.82 bits per heavy atom. The van der Waals surface area contributed by atoms with Gasteiger partial charge in [-0.05, 0) is 31.6 Å². The molecule has 1 aliphatic carbocycles. The van der Waals surface area contributed by atoms with Gasteiger partial charge < -0.3 is 0 Å². The van der Waals surface area contributed by atoms with Crippen LogP contribution >= 0.6 is 0 Å². The maximum atomic E-state index is 12.8. The minimum atomic E-state index is -0.576. The van der Waals surface area contributed by atoms with Crippen LogP contribution in [0.25, 0.3) is 0 Å². The highest BCUT2D eigenvalue weighted by molar-refractivity contribution is 4.74. The highest BCUT2D eigenvalue weighted by atomic mass is 19.1. The van der Waals surface area contributed by atoms with Gasteiger partial charge in [-0.15, -0.1) is 0 Å². The van der Waals surface area contributed by atoms with Crippen LogP contribution in [0.5, 0.6) is 0 Å². The van der Waals surface area contributed by atoms with E-state index in [4.69, 9.17) is 0 Å². The Kier molecular flexibility index (Phi) is 3.35. The van der Waals surface area contributed by atoms with Crippen LogP contribution in [0.4, 0.5) is 4.39 Å². The van der Waals surface area contributed by atoms with E-state index in [0.29, 0.717) is 5.92 Å². The maximum Gasteiger partial charge on any atom is 0.100 e. The average Bonchev–Trinajstić information content (AvgIpc) is 2.05. The van der Waals surface area contributed by atoms with Crippen LogP contribution in [0.2, 0.25) is 0 Å². The van der Waals surface area contributed by atoms with E-state index in [1.807, 2.05) is 0 Å². The van der Waals surface area contributed by atoms with Crippen molar-refractivity contribution in [3.05, 3.63) is 0 Å². The zero-order valence-corrected chi connectivity index (χ0v) is 7.65. The number of hydrogen-bond acceptors (Lipinski definition) is 0. The second-order valence-electron chi connectivity index (χ2n) is 3.87.